The molecule has 0 aliphatic heterocycles. The van der Waals surface area contributed by atoms with Gasteiger partial charge in [-0.2, -0.15) is 9.13 Å². The molecular weight excluding hydrogens is 645 g/mol. The summed E-state index contributed by atoms with van der Waals surface area (Å²) in [4.78, 5) is 0. The Morgan fingerprint density at radius 2 is 0.875 bits per heavy atom. The monoisotopic (exact) mass is 690 g/mol. The maximum atomic E-state index is 5.51. The Balaban J connectivity index is 1.24. The van der Waals surface area contributed by atoms with Gasteiger partial charge >= 0.3 is 0 Å². The van der Waals surface area contributed by atoms with Crippen molar-refractivity contribution in [3.8, 4) is 34.5 Å². The molecule has 0 unspecified atom stereocenters. The van der Waals surface area contributed by atoms with E-state index in [1.165, 1.54) is 0 Å². The number of ether oxygens (including phenoxy) is 6. The molecule has 10 heteroatoms. The number of benzene rings is 2. The van der Waals surface area contributed by atoms with Crippen molar-refractivity contribution in [2.45, 2.75) is 25.9 Å². The van der Waals surface area contributed by atoms with Gasteiger partial charge in [0, 0.05) is 60.8 Å². The minimum Gasteiger partial charge on any atom is -0.493 e. The first-order valence-corrected chi connectivity index (χ1v) is 18.2. The van der Waals surface area contributed by atoms with Crippen LogP contribution in [0.4, 0.5) is 0 Å². The highest BCUT2D eigenvalue weighted by molar-refractivity contribution is 8.76. The number of pyridine rings is 2. The van der Waals surface area contributed by atoms with Gasteiger partial charge in [-0.15, -0.1) is 0 Å². The lowest BCUT2D eigenvalue weighted by atomic mass is 10.1. The fourth-order valence-electron chi connectivity index (χ4n) is 5.15. The summed E-state index contributed by atoms with van der Waals surface area (Å²) >= 11 is 0. The first kappa shape index (κ1) is 36.6. The van der Waals surface area contributed by atoms with Crippen molar-refractivity contribution < 1.29 is 37.6 Å². The molecule has 0 aliphatic rings. The van der Waals surface area contributed by atoms with Crippen LogP contribution in [0.15, 0.2) is 73.1 Å². The van der Waals surface area contributed by atoms with Crippen LogP contribution in [0.3, 0.4) is 0 Å². The van der Waals surface area contributed by atoms with Crippen LogP contribution in [0.5, 0.6) is 34.5 Å². The molecule has 48 heavy (non-hydrogen) atoms. The summed E-state index contributed by atoms with van der Waals surface area (Å²) in [5, 5.41) is 0. The van der Waals surface area contributed by atoms with Crippen molar-refractivity contribution in [1.82, 2.24) is 0 Å². The summed E-state index contributed by atoms with van der Waals surface area (Å²) in [5.74, 6) is 5.91. The fourth-order valence-corrected chi connectivity index (χ4v) is 7.30. The number of hydrogen-bond acceptors (Lipinski definition) is 8. The summed E-state index contributed by atoms with van der Waals surface area (Å²) in [6, 6.07) is 20.3. The zero-order valence-electron chi connectivity index (χ0n) is 28.6. The van der Waals surface area contributed by atoms with Gasteiger partial charge in [0.1, 0.15) is 13.1 Å². The van der Waals surface area contributed by atoms with Gasteiger partial charge < -0.3 is 28.4 Å². The summed E-state index contributed by atoms with van der Waals surface area (Å²) < 4.78 is 37.5. The van der Waals surface area contributed by atoms with Crippen molar-refractivity contribution in [1.29, 1.82) is 0 Å². The van der Waals surface area contributed by atoms with Crippen LogP contribution in [0.2, 0.25) is 0 Å². The zero-order valence-corrected chi connectivity index (χ0v) is 30.3. The number of aromatic nitrogens is 2. The molecule has 4 rings (SSSR count). The zero-order chi connectivity index (χ0) is 34.1. The predicted octanol–water partition coefficient (Wildman–Crippen LogP) is 7.52. The van der Waals surface area contributed by atoms with Crippen LogP contribution >= 0.6 is 21.6 Å². The van der Waals surface area contributed by atoms with E-state index in [1.54, 1.807) is 42.7 Å². The van der Waals surface area contributed by atoms with E-state index in [0.717, 1.165) is 60.0 Å². The van der Waals surface area contributed by atoms with Gasteiger partial charge in [-0.3, -0.25) is 0 Å². The second-order valence-electron chi connectivity index (χ2n) is 10.6. The first-order valence-electron chi connectivity index (χ1n) is 15.7. The number of hydrogen-bond donors (Lipinski definition) is 0. The van der Waals surface area contributed by atoms with Crippen LogP contribution in [0, 0.1) is 0 Å². The highest BCUT2D eigenvalue weighted by Crippen LogP contribution is 2.39. The maximum absolute atomic E-state index is 5.51. The van der Waals surface area contributed by atoms with E-state index < -0.39 is 0 Å². The fraction of sp³-hybridized carbons (Fsp3) is 0.316. The molecule has 0 radical (unpaired) electrons. The Morgan fingerprint density at radius 1 is 0.500 bits per heavy atom. The van der Waals surface area contributed by atoms with E-state index in [1.807, 2.05) is 45.9 Å². The van der Waals surface area contributed by atoms with E-state index >= 15 is 0 Å². The molecule has 0 atom stereocenters. The second-order valence-corrected chi connectivity index (χ2v) is 13.3. The standard InChI is InChI=1S/C38H46N2O6S2/c1-41-33-25-29(26-34(42-2)37(33)45-5)15-17-31-13-7-9-19-39(31)21-11-23-47-48-24-12-22-40-20-10-8-14-32(40)18-16-30-27-35(43-3)38(46-6)36(28-30)44-4/h7-10,13-20,25-28H,11-12,21-24H2,1-6H3/q+2. The quantitative estimate of drug-likeness (QED) is 0.0569. The Morgan fingerprint density at radius 3 is 1.21 bits per heavy atom. The molecule has 2 heterocycles. The number of methoxy groups -OCH3 is 6. The lowest BCUT2D eigenvalue weighted by Gasteiger charge is -2.12. The summed E-state index contributed by atoms with van der Waals surface area (Å²) in [6.07, 6.45) is 14.8. The number of nitrogens with zero attached hydrogens (tertiary/aromatic N) is 2. The first-order chi connectivity index (χ1) is 23.5. The van der Waals surface area contributed by atoms with E-state index in [0.29, 0.717) is 34.5 Å². The van der Waals surface area contributed by atoms with E-state index in [4.69, 9.17) is 28.4 Å². The SMILES string of the molecule is COc1cc(C=Cc2cccc[n+]2CCCSSCCC[n+]2ccccc2C=Cc2cc(OC)c(OC)c(OC)c2)cc(OC)c1OC. The van der Waals surface area contributed by atoms with E-state index in [2.05, 4.69) is 82.2 Å². The van der Waals surface area contributed by atoms with Crippen LogP contribution < -0.4 is 37.6 Å². The molecule has 0 saturated heterocycles. The van der Waals surface area contributed by atoms with Gasteiger partial charge in [0.2, 0.25) is 22.9 Å². The Bertz CT molecular complexity index is 1500. The Hall–Kier alpha value is -4.28. The van der Waals surface area contributed by atoms with E-state index in [9.17, 15) is 0 Å². The van der Waals surface area contributed by atoms with Crippen molar-refractivity contribution in [3.63, 3.8) is 0 Å². The average Bonchev–Trinajstić information content (AvgIpc) is 3.13. The van der Waals surface area contributed by atoms with Crippen molar-refractivity contribution in [2.75, 3.05) is 54.2 Å². The summed E-state index contributed by atoms with van der Waals surface area (Å²) in [5.41, 5.74) is 4.22. The smallest absolute Gasteiger partial charge is 0.205 e. The predicted molar refractivity (Wildman–Crippen MR) is 197 cm³/mol. The molecular formula is C38H46N2O6S2+2. The molecule has 0 spiro atoms. The third-order valence-corrected chi connectivity index (χ3v) is 10.1. The largest absolute Gasteiger partial charge is 0.493 e. The van der Waals surface area contributed by atoms with Crippen LogP contribution in [-0.2, 0) is 13.1 Å². The minimum atomic E-state index is 0.590. The molecule has 0 fully saturated rings. The maximum Gasteiger partial charge on any atom is 0.205 e. The lowest BCUT2D eigenvalue weighted by molar-refractivity contribution is -0.698. The highest BCUT2D eigenvalue weighted by Gasteiger charge is 2.14. The normalized spacial score (nSPS) is 11.2. The molecule has 2 aromatic carbocycles. The van der Waals surface area contributed by atoms with Crippen molar-refractivity contribution in [3.05, 3.63) is 95.6 Å². The number of rotatable bonds is 19. The third kappa shape index (κ3) is 10.1. The third-order valence-electron chi connectivity index (χ3n) is 7.56. The van der Waals surface area contributed by atoms with Gasteiger partial charge in [0.15, 0.2) is 35.4 Å². The van der Waals surface area contributed by atoms with Crippen LogP contribution in [0.25, 0.3) is 24.3 Å². The molecule has 0 bridgehead atoms. The van der Waals surface area contributed by atoms with Crippen molar-refractivity contribution >= 4 is 45.9 Å². The molecule has 8 nitrogen and oxygen atoms in total. The molecule has 2 aromatic heterocycles. The highest BCUT2D eigenvalue weighted by atomic mass is 33.1. The summed E-state index contributed by atoms with van der Waals surface area (Å²) in [7, 11) is 13.6. The molecule has 254 valence electrons. The minimum absolute atomic E-state index is 0.590. The van der Waals surface area contributed by atoms with Crippen LogP contribution in [0.1, 0.15) is 35.4 Å². The second kappa shape index (κ2) is 19.5. The van der Waals surface area contributed by atoms with Gasteiger partial charge in [0.05, 0.1) is 42.7 Å². The summed E-state index contributed by atoms with van der Waals surface area (Å²) in [6.45, 7) is 1.90. The Kier molecular flexibility index (Phi) is 14.9. The van der Waals surface area contributed by atoms with Gasteiger partial charge in [0.25, 0.3) is 0 Å². The van der Waals surface area contributed by atoms with Crippen molar-refractivity contribution in [2.24, 2.45) is 0 Å². The van der Waals surface area contributed by atoms with Gasteiger partial charge in [-0.05, 0) is 59.7 Å². The molecule has 0 saturated carbocycles. The van der Waals surface area contributed by atoms with Crippen LogP contribution in [-0.4, -0.2) is 54.2 Å². The molecule has 0 aliphatic carbocycles. The lowest BCUT2D eigenvalue weighted by Crippen LogP contribution is -2.36. The van der Waals surface area contributed by atoms with E-state index in [-0.39, 0.29) is 0 Å². The average molecular weight is 691 g/mol. The molecule has 4 aromatic rings. The van der Waals surface area contributed by atoms with Gasteiger partial charge in [-0.1, -0.05) is 21.6 Å². The van der Waals surface area contributed by atoms with Gasteiger partial charge in [-0.25, -0.2) is 0 Å². The molecule has 0 amide bonds. The topological polar surface area (TPSA) is 63.1 Å². The Labute approximate surface area is 292 Å². The molecule has 0 N–H and O–H groups in total. The number of aryl methyl sites for hydroxylation is 2.